The molecule has 1 fully saturated rings. The van der Waals surface area contributed by atoms with E-state index in [2.05, 4.69) is 27.3 Å². The van der Waals surface area contributed by atoms with Crippen LogP contribution in [0.3, 0.4) is 0 Å². The molecule has 2 aromatic rings. The average Bonchev–Trinajstić information content (AvgIpc) is 3.24. The SMILES string of the molecule is Cc1csc(C(C)CNC(=O)N2CCCC(n3cncn3)C2)n1. The van der Waals surface area contributed by atoms with Gasteiger partial charge in [0.25, 0.3) is 0 Å². The number of urea groups is 1. The van der Waals surface area contributed by atoms with Gasteiger partial charge >= 0.3 is 6.03 Å². The number of hydrogen-bond acceptors (Lipinski definition) is 5. The smallest absolute Gasteiger partial charge is 0.317 e. The number of amides is 2. The van der Waals surface area contributed by atoms with Crippen molar-refractivity contribution in [1.82, 2.24) is 30.0 Å². The number of rotatable bonds is 4. The molecule has 1 aliphatic heterocycles. The molecule has 3 heterocycles. The zero-order chi connectivity index (χ0) is 16.2. The van der Waals surface area contributed by atoms with E-state index < -0.39 is 0 Å². The third-order valence-corrected chi connectivity index (χ3v) is 5.31. The molecule has 0 aliphatic carbocycles. The van der Waals surface area contributed by atoms with Crippen LogP contribution < -0.4 is 5.32 Å². The van der Waals surface area contributed by atoms with E-state index >= 15 is 0 Å². The lowest BCUT2D eigenvalue weighted by Crippen LogP contribution is -2.46. The largest absolute Gasteiger partial charge is 0.337 e. The van der Waals surface area contributed by atoms with E-state index in [1.54, 1.807) is 17.7 Å². The van der Waals surface area contributed by atoms with Gasteiger partial charge in [-0.15, -0.1) is 11.3 Å². The maximum absolute atomic E-state index is 12.4. The number of thiazole rings is 1. The summed E-state index contributed by atoms with van der Waals surface area (Å²) in [6, 6.07) is 0.214. The van der Waals surface area contributed by atoms with Crippen LogP contribution in [-0.2, 0) is 0 Å². The highest BCUT2D eigenvalue weighted by molar-refractivity contribution is 7.09. The molecule has 2 aromatic heterocycles. The summed E-state index contributed by atoms with van der Waals surface area (Å²) in [5.41, 5.74) is 1.04. The van der Waals surface area contributed by atoms with Crippen LogP contribution in [0, 0.1) is 6.92 Å². The molecule has 7 nitrogen and oxygen atoms in total. The molecule has 124 valence electrons. The summed E-state index contributed by atoms with van der Waals surface area (Å²) in [6.45, 7) is 6.16. The molecule has 2 amide bonds. The minimum atomic E-state index is -0.00468. The Kier molecular flexibility index (Phi) is 4.90. The summed E-state index contributed by atoms with van der Waals surface area (Å²) in [6.07, 6.45) is 5.27. The Bertz CT molecular complexity index is 640. The number of aromatic nitrogens is 4. The van der Waals surface area contributed by atoms with Gasteiger partial charge in [0.05, 0.1) is 11.0 Å². The van der Waals surface area contributed by atoms with Crippen molar-refractivity contribution in [3.05, 3.63) is 28.7 Å². The van der Waals surface area contributed by atoms with Crippen molar-refractivity contribution < 1.29 is 4.79 Å². The highest BCUT2D eigenvalue weighted by Gasteiger charge is 2.25. The molecule has 2 unspecified atom stereocenters. The van der Waals surface area contributed by atoms with E-state index in [0.29, 0.717) is 13.1 Å². The maximum Gasteiger partial charge on any atom is 0.317 e. The standard InChI is InChI=1S/C15H22N6OS/c1-11(14-19-12(2)8-23-14)6-17-15(22)20-5-3-4-13(7-20)21-10-16-9-18-21/h8-11,13H,3-7H2,1-2H3,(H,17,22). The minimum absolute atomic E-state index is 0.00468. The third kappa shape index (κ3) is 3.87. The van der Waals surface area contributed by atoms with Gasteiger partial charge in [-0.3, -0.25) is 0 Å². The van der Waals surface area contributed by atoms with E-state index in [1.165, 1.54) is 6.33 Å². The normalized spacial score (nSPS) is 19.6. The first-order valence-electron chi connectivity index (χ1n) is 7.92. The van der Waals surface area contributed by atoms with Crippen molar-refractivity contribution in [2.75, 3.05) is 19.6 Å². The number of carbonyl (C=O) groups excluding carboxylic acids is 1. The van der Waals surface area contributed by atoms with Gasteiger partial charge in [0.15, 0.2) is 0 Å². The summed E-state index contributed by atoms with van der Waals surface area (Å²) in [5, 5.41) is 10.3. The topological polar surface area (TPSA) is 75.9 Å². The maximum atomic E-state index is 12.4. The Hall–Kier alpha value is -1.96. The second kappa shape index (κ2) is 7.08. The second-order valence-corrected chi connectivity index (χ2v) is 6.92. The fourth-order valence-corrected chi connectivity index (χ4v) is 3.66. The van der Waals surface area contributed by atoms with Gasteiger partial charge in [0.1, 0.15) is 12.7 Å². The second-order valence-electron chi connectivity index (χ2n) is 6.03. The minimum Gasteiger partial charge on any atom is -0.337 e. The lowest BCUT2D eigenvalue weighted by atomic mass is 10.1. The van der Waals surface area contributed by atoms with Crippen LogP contribution in [0.15, 0.2) is 18.0 Å². The lowest BCUT2D eigenvalue weighted by Gasteiger charge is -2.32. The summed E-state index contributed by atoms with van der Waals surface area (Å²) >= 11 is 1.65. The molecule has 23 heavy (non-hydrogen) atoms. The molecule has 0 spiro atoms. The molecule has 8 heteroatoms. The quantitative estimate of drug-likeness (QED) is 0.930. The molecule has 0 bridgehead atoms. The Labute approximate surface area is 139 Å². The Morgan fingerprint density at radius 2 is 2.43 bits per heavy atom. The first kappa shape index (κ1) is 15.9. The molecule has 0 radical (unpaired) electrons. The number of aryl methyl sites for hydroxylation is 1. The zero-order valence-electron chi connectivity index (χ0n) is 13.5. The van der Waals surface area contributed by atoms with E-state index in [4.69, 9.17) is 0 Å². The van der Waals surface area contributed by atoms with Crippen LogP contribution in [0.1, 0.15) is 42.4 Å². The molecule has 0 aromatic carbocycles. The monoisotopic (exact) mass is 334 g/mol. The Balaban J connectivity index is 1.51. The molecular weight excluding hydrogens is 312 g/mol. The van der Waals surface area contributed by atoms with Crippen molar-refractivity contribution in [3.63, 3.8) is 0 Å². The van der Waals surface area contributed by atoms with Gasteiger partial charge < -0.3 is 10.2 Å². The van der Waals surface area contributed by atoms with Crippen LogP contribution in [0.4, 0.5) is 4.79 Å². The summed E-state index contributed by atoms with van der Waals surface area (Å²) in [5.74, 6) is 0.230. The number of carbonyl (C=O) groups is 1. The van der Waals surface area contributed by atoms with Crippen molar-refractivity contribution >= 4 is 17.4 Å². The average molecular weight is 334 g/mol. The van der Waals surface area contributed by atoms with Crippen LogP contribution in [0.5, 0.6) is 0 Å². The third-order valence-electron chi connectivity index (χ3n) is 4.11. The summed E-state index contributed by atoms with van der Waals surface area (Å²) in [7, 11) is 0. The fraction of sp³-hybridized carbons (Fsp3) is 0.600. The van der Waals surface area contributed by atoms with Crippen LogP contribution >= 0.6 is 11.3 Å². The molecular formula is C15H22N6OS. The molecule has 1 aliphatic rings. The van der Waals surface area contributed by atoms with Crippen molar-refractivity contribution in [1.29, 1.82) is 0 Å². The highest BCUT2D eigenvalue weighted by Crippen LogP contribution is 2.21. The fourth-order valence-electron chi connectivity index (χ4n) is 2.80. The molecule has 1 N–H and O–H groups in total. The predicted octanol–water partition coefficient (Wildman–Crippen LogP) is 2.19. The van der Waals surface area contributed by atoms with E-state index in [0.717, 1.165) is 30.1 Å². The van der Waals surface area contributed by atoms with Gasteiger partial charge in [-0.2, -0.15) is 5.10 Å². The van der Waals surface area contributed by atoms with E-state index in [1.807, 2.05) is 21.9 Å². The number of hydrogen-bond donors (Lipinski definition) is 1. The predicted molar refractivity (Wildman–Crippen MR) is 88.5 cm³/mol. The highest BCUT2D eigenvalue weighted by atomic mass is 32.1. The van der Waals surface area contributed by atoms with Crippen LogP contribution in [0.2, 0.25) is 0 Å². The number of likely N-dealkylation sites (tertiary alicyclic amines) is 1. The van der Waals surface area contributed by atoms with Gasteiger partial charge in [-0.1, -0.05) is 6.92 Å². The van der Waals surface area contributed by atoms with Gasteiger partial charge in [-0.05, 0) is 19.8 Å². The van der Waals surface area contributed by atoms with Gasteiger partial charge in [0, 0.05) is 36.6 Å². The molecule has 3 rings (SSSR count). The number of nitrogens with one attached hydrogen (secondary N) is 1. The number of piperidine rings is 1. The van der Waals surface area contributed by atoms with Crippen molar-refractivity contribution in [2.45, 2.75) is 38.6 Å². The summed E-state index contributed by atoms with van der Waals surface area (Å²) < 4.78 is 1.85. The molecule has 1 saturated heterocycles. The Morgan fingerprint density at radius 1 is 1.57 bits per heavy atom. The van der Waals surface area contributed by atoms with Crippen LogP contribution in [0.25, 0.3) is 0 Å². The van der Waals surface area contributed by atoms with Crippen molar-refractivity contribution in [3.8, 4) is 0 Å². The lowest BCUT2D eigenvalue weighted by molar-refractivity contribution is 0.163. The molecule has 0 saturated carbocycles. The van der Waals surface area contributed by atoms with Crippen LogP contribution in [-0.4, -0.2) is 50.3 Å². The first-order valence-corrected chi connectivity index (χ1v) is 8.80. The van der Waals surface area contributed by atoms with E-state index in [9.17, 15) is 4.79 Å². The Morgan fingerprint density at radius 3 is 3.13 bits per heavy atom. The zero-order valence-corrected chi connectivity index (χ0v) is 14.3. The van der Waals surface area contributed by atoms with Gasteiger partial charge in [0.2, 0.25) is 0 Å². The summed E-state index contributed by atoms with van der Waals surface area (Å²) in [4.78, 5) is 22.7. The van der Waals surface area contributed by atoms with Crippen molar-refractivity contribution in [2.24, 2.45) is 0 Å². The first-order chi connectivity index (χ1) is 11.1. The number of nitrogens with zero attached hydrogens (tertiary/aromatic N) is 5. The molecule has 2 atom stereocenters. The van der Waals surface area contributed by atoms with E-state index in [-0.39, 0.29) is 18.0 Å². The van der Waals surface area contributed by atoms with Gasteiger partial charge in [-0.25, -0.2) is 19.4 Å².